The molecule has 0 aliphatic rings. The van der Waals surface area contributed by atoms with E-state index in [0.29, 0.717) is 12.5 Å². The molecule has 2 aromatic heterocycles. The number of halogens is 1. The first kappa shape index (κ1) is 20.2. The Balaban J connectivity index is 1.66. The number of rotatable bonds is 8. The van der Waals surface area contributed by atoms with Gasteiger partial charge in [0.05, 0.1) is 17.5 Å². The highest BCUT2D eigenvalue weighted by Crippen LogP contribution is 2.30. The van der Waals surface area contributed by atoms with Crippen LogP contribution in [0.3, 0.4) is 0 Å². The van der Waals surface area contributed by atoms with Crippen molar-refractivity contribution >= 4 is 17.8 Å². The van der Waals surface area contributed by atoms with Crippen molar-refractivity contribution in [2.45, 2.75) is 39.2 Å². The molecule has 0 saturated carbocycles. The van der Waals surface area contributed by atoms with E-state index < -0.39 is 0 Å². The third-order valence-electron chi connectivity index (χ3n) is 4.10. The van der Waals surface area contributed by atoms with Gasteiger partial charge in [-0.3, -0.25) is 4.31 Å². The van der Waals surface area contributed by atoms with Crippen LogP contribution in [-0.4, -0.2) is 16.7 Å². The highest BCUT2D eigenvalue weighted by atomic mass is 32.2. The van der Waals surface area contributed by atoms with E-state index in [2.05, 4.69) is 28.3 Å². The van der Waals surface area contributed by atoms with Gasteiger partial charge in [0.2, 0.25) is 0 Å². The highest BCUT2D eigenvalue weighted by molar-refractivity contribution is 8.00. The zero-order chi connectivity index (χ0) is 20.1. The molecule has 0 atom stereocenters. The summed E-state index contributed by atoms with van der Waals surface area (Å²) in [5.41, 5.74) is 1.82. The first-order valence-electron chi connectivity index (χ1n) is 9.14. The number of anilines is 1. The van der Waals surface area contributed by atoms with Gasteiger partial charge in [0, 0.05) is 11.4 Å². The Morgan fingerprint density at radius 2 is 1.89 bits per heavy atom. The van der Waals surface area contributed by atoms with Crippen LogP contribution in [0.25, 0.3) is 0 Å². The number of benzene rings is 1. The fourth-order valence-corrected chi connectivity index (χ4v) is 3.70. The van der Waals surface area contributed by atoms with E-state index >= 15 is 0 Å². The van der Waals surface area contributed by atoms with Gasteiger partial charge in [-0.15, -0.1) is 0 Å². The second kappa shape index (κ2) is 9.10. The Hall–Kier alpha value is -2.54. The summed E-state index contributed by atoms with van der Waals surface area (Å²) >= 11 is 1.57. The second-order valence-electron chi connectivity index (χ2n) is 6.94. The standard InChI is InChI=1S/C21H24FN3O2S/c1-14(2)12-25(21-10-5-17(22)11-23-21)28-19-8-6-18(7-9-19)26-13-20-15(3)24-27-16(20)4/h5-11,14H,12-13H2,1-4H3. The van der Waals surface area contributed by atoms with Crippen molar-refractivity contribution in [2.24, 2.45) is 5.92 Å². The first-order valence-corrected chi connectivity index (χ1v) is 9.91. The van der Waals surface area contributed by atoms with Gasteiger partial charge in [-0.05, 0) is 68.1 Å². The second-order valence-corrected chi connectivity index (χ2v) is 8.04. The van der Waals surface area contributed by atoms with Crippen molar-refractivity contribution in [1.29, 1.82) is 0 Å². The number of nitrogens with zero attached hydrogens (tertiary/aromatic N) is 3. The number of pyridine rings is 1. The molecule has 148 valence electrons. The number of hydrogen-bond acceptors (Lipinski definition) is 6. The molecular weight excluding hydrogens is 377 g/mol. The normalized spacial score (nSPS) is 11.1. The third kappa shape index (κ3) is 5.25. The van der Waals surface area contributed by atoms with Gasteiger partial charge in [0.25, 0.3) is 0 Å². The maximum absolute atomic E-state index is 13.2. The van der Waals surface area contributed by atoms with E-state index in [-0.39, 0.29) is 5.82 Å². The van der Waals surface area contributed by atoms with Gasteiger partial charge in [-0.25, -0.2) is 9.37 Å². The van der Waals surface area contributed by atoms with Crippen molar-refractivity contribution in [3.8, 4) is 5.75 Å². The monoisotopic (exact) mass is 401 g/mol. The topological polar surface area (TPSA) is 51.4 Å². The molecule has 3 aromatic rings. The van der Waals surface area contributed by atoms with E-state index in [9.17, 15) is 4.39 Å². The lowest BCUT2D eigenvalue weighted by molar-refractivity contribution is 0.301. The van der Waals surface area contributed by atoms with Crippen LogP contribution >= 0.6 is 11.9 Å². The molecular formula is C21H24FN3O2S. The van der Waals surface area contributed by atoms with Gasteiger partial charge in [-0.1, -0.05) is 19.0 Å². The van der Waals surface area contributed by atoms with E-state index in [0.717, 1.165) is 40.0 Å². The Kier molecular flexibility index (Phi) is 6.57. The predicted octanol–water partition coefficient (Wildman–Crippen LogP) is 5.57. The van der Waals surface area contributed by atoms with Crippen LogP contribution in [0, 0.1) is 25.6 Å². The third-order valence-corrected chi connectivity index (χ3v) is 5.14. The van der Waals surface area contributed by atoms with Crippen LogP contribution in [0.4, 0.5) is 10.2 Å². The summed E-state index contributed by atoms with van der Waals surface area (Å²) in [6.07, 6.45) is 1.24. The summed E-state index contributed by atoms with van der Waals surface area (Å²) < 4.78 is 26.3. The van der Waals surface area contributed by atoms with E-state index in [1.165, 1.54) is 12.3 Å². The molecule has 28 heavy (non-hydrogen) atoms. The molecule has 0 fully saturated rings. The van der Waals surface area contributed by atoms with Crippen molar-refractivity contribution in [3.63, 3.8) is 0 Å². The lowest BCUT2D eigenvalue weighted by Crippen LogP contribution is -2.21. The first-order chi connectivity index (χ1) is 13.4. The minimum Gasteiger partial charge on any atom is -0.489 e. The van der Waals surface area contributed by atoms with Crippen LogP contribution in [0.1, 0.15) is 30.9 Å². The van der Waals surface area contributed by atoms with Crippen molar-refractivity contribution in [3.05, 3.63) is 65.4 Å². The van der Waals surface area contributed by atoms with Gasteiger partial charge in [0.1, 0.15) is 29.8 Å². The van der Waals surface area contributed by atoms with Crippen LogP contribution in [0.2, 0.25) is 0 Å². The fraction of sp³-hybridized carbons (Fsp3) is 0.333. The lowest BCUT2D eigenvalue weighted by atomic mass is 10.2. The molecule has 0 aliphatic heterocycles. The number of aryl methyl sites for hydroxylation is 2. The molecule has 3 rings (SSSR count). The minimum absolute atomic E-state index is 0.335. The summed E-state index contributed by atoms with van der Waals surface area (Å²) in [6.45, 7) is 9.29. The molecule has 0 saturated heterocycles. The summed E-state index contributed by atoms with van der Waals surface area (Å²) in [5.74, 6) is 2.40. The molecule has 0 amide bonds. The minimum atomic E-state index is -0.335. The molecule has 0 spiro atoms. The van der Waals surface area contributed by atoms with Crippen LogP contribution in [0.15, 0.2) is 52.0 Å². The van der Waals surface area contributed by atoms with E-state index in [1.807, 2.05) is 38.1 Å². The molecule has 0 radical (unpaired) electrons. The van der Waals surface area contributed by atoms with Crippen molar-refractivity contribution < 1.29 is 13.7 Å². The smallest absolute Gasteiger partial charge is 0.141 e. The summed E-state index contributed by atoms with van der Waals surface area (Å²) in [4.78, 5) is 5.26. The molecule has 0 bridgehead atoms. The summed E-state index contributed by atoms with van der Waals surface area (Å²) in [6, 6.07) is 11.0. The lowest BCUT2D eigenvalue weighted by Gasteiger charge is -2.24. The SMILES string of the molecule is Cc1noc(C)c1COc1ccc(SN(CC(C)C)c2ccc(F)cn2)cc1. The molecule has 0 unspecified atom stereocenters. The largest absolute Gasteiger partial charge is 0.489 e. The summed E-state index contributed by atoms with van der Waals surface area (Å²) in [5, 5.41) is 3.94. The summed E-state index contributed by atoms with van der Waals surface area (Å²) in [7, 11) is 0. The number of ether oxygens (including phenoxy) is 1. The molecule has 0 N–H and O–H groups in total. The molecule has 2 heterocycles. The molecule has 5 nitrogen and oxygen atoms in total. The van der Waals surface area contributed by atoms with E-state index in [1.54, 1.807) is 18.0 Å². The Labute approximate surface area is 169 Å². The highest BCUT2D eigenvalue weighted by Gasteiger charge is 2.13. The number of aromatic nitrogens is 2. The maximum Gasteiger partial charge on any atom is 0.141 e. The van der Waals surface area contributed by atoms with Gasteiger partial charge in [-0.2, -0.15) is 0 Å². The quantitative estimate of drug-likeness (QED) is 0.460. The zero-order valence-electron chi connectivity index (χ0n) is 16.5. The fourth-order valence-electron chi connectivity index (χ4n) is 2.61. The van der Waals surface area contributed by atoms with Crippen LogP contribution < -0.4 is 9.04 Å². The predicted molar refractivity (Wildman–Crippen MR) is 109 cm³/mol. The van der Waals surface area contributed by atoms with Crippen molar-refractivity contribution in [1.82, 2.24) is 10.1 Å². The zero-order valence-corrected chi connectivity index (χ0v) is 17.3. The average Bonchev–Trinajstić information content (AvgIpc) is 2.99. The van der Waals surface area contributed by atoms with Gasteiger partial charge < -0.3 is 9.26 Å². The van der Waals surface area contributed by atoms with Crippen molar-refractivity contribution in [2.75, 3.05) is 10.8 Å². The molecule has 0 aliphatic carbocycles. The maximum atomic E-state index is 13.2. The van der Waals surface area contributed by atoms with Gasteiger partial charge in [0.15, 0.2) is 0 Å². The molecule has 7 heteroatoms. The van der Waals surface area contributed by atoms with Crippen LogP contribution in [-0.2, 0) is 6.61 Å². The van der Waals surface area contributed by atoms with Crippen LogP contribution in [0.5, 0.6) is 5.75 Å². The Morgan fingerprint density at radius 3 is 2.46 bits per heavy atom. The average molecular weight is 402 g/mol. The molecule has 1 aromatic carbocycles. The number of hydrogen-bond donors (Lipinski definition) is 0. The van der Waals surface area contributed by atoms with E-state index in [4.69, 9.17) is 9.26 Å². The Morgan fingerprint density at radius 1 is 1.14 bits per heavy atom. The van der Waals surface area contributed by atoms with Gasteiger partial charge >= 0.3 is 0 Å². The Bertz CT molecular complexity index is 876.